The lowest BCUT2D eigenvalue weighted by atomic mass is 10.1. The summed E-state index contributed by atoms with van der Waals surface area (Å²) in [5.74, 6) is -0.0606. The van der Waals surface area contributed by atoms with Crippen LogP contribution in [0.15, 0.2) is 18.2 Å². The van der Waals surface area contributed by atoms with Gasteiger partial charge < -0.3 is 15.4 Å². The minimum Gasteiger partial charge on any atom is -0.383 e. The SMILES string of the molecule is COCCNCCNC(=O)c1sc(-c2ccc(C)cc2C)nc1C. The van der Waals surface area contributed by atoms with Gasteiger partial charge in [0.15, 0.2) is 0 Å². The van der Waals surface area contributed by atoms with E-state index < -0.39 is 0 Å². The van der Waals surface area contributed by atoms with Crippen molar-refractivity contribution in [1.29, 1.82) is 0 Å². The molecule has 130 valence electrons. The first-order valence-corrected chi connectivity index (χ1v) is 8.87. The van der Waals surface area contributed by atoms with Crippen LogP contribution in [0.3, 0.4) is 0 Å². The van der Waals surface area contributed by atoms with Crippen molar-refractivity contribution in [2.24, 2.45) is 0 Å². The van der Waals surface area contributed by atoms with Gasteiger partial charge in [0.1, 0.15) is 9.88 Å². The molecule has 1 aromatic carbocycles. The molecule has 0 atom stereocenters. The number of carbonyl (C=O) groups excluding carboxylic acids is 1. The predicted octanol–water partition coefficient (Wildman–Crippen LogP) is 2.70. The van der Waals surface area contributed by atoms with Crippen molar-refractivity contribution < 1.29 is 9.53 Å². The Morgan fingerprint density at radius 1 is 1.21 bits per heavy atom. The summed E-state index contributed by atoms with van der Waals surface area (Å²) in [6, 6.07) is 6.28. The number of benzene rings is 1. The number of nitrogens with zero attached hydrogens (tertiary/aromatic N) is 1. The summed E-state index contributed by atoms with van der Waals surface area (Å²) in [5, 5.41) is 7.03. The third-order valence-electron chi connectivity index (χ3n) is 3.69. The van der Waals surface area contributed by atoms with Crippen molar-refractivity contribution in [2.45, 2.75) is 20.8 Å². The van der Waals surface area contributed by atoms with Gasteiger partial charge in [-0.2, -0.15) is 0 Å². The smallest absolute Gasteiger partial charge is 0.263 e. The molecule has 2 N–H and O–H groups in total. The second-order valence-electron chi connectivity index (χ2n) is 5.75. The molecule has 5 nitrogen and oxygen atoms in total. The number of aromatic nitrogens is 1. The lowest BCUT2D eigenvalue weighted by Gasteiger charge is -2.05. The van der Waals surface area contributed by atoms with Crippen LogP contribution < -0.4 is 10.6 Å². The molecule has 0 aliphatic carbocycles. The maximum Gasteiger partial charge on any atom is 0.263 e. The highest BCUT2D eigenvalue weighted by Gasteiger charge is 2.16. The van der Waals surface area contributed by atoms with Crippen molar-refractivity contribution in [3.05, 3.63) is 39.9 Å². The zero-order chi connectivity index (χ0) is 17.5. The normalized spacial score (nSPS) is 10.8. The molecule has 0 unspecified atom stereocenters. The van der Waals surface area contributed by atoms with Gasteiger partial charge in [-0.15, -0.1) is 11.3 Å². The molecule has 6 heteroatoms. The van der Waals surface area contributed by atoms with E-state index in [1.54, 1.807) is 7.11 Å². The monoisotopic (exact) mass is 347 g/mol. The number of hydrogen-bond acceptors (Lipinski definition) is 5. The zero-order valence-corrected chi connectivity index (χ0v) is 15.5. The van der Waals surface area contributed by atoms with E-state index in [0.717, 1.165) is 29.4 Å². The Morgan fingerprint density at radius 3 is 2.71 bits per heavy atom. The molecule has 0 bridgehead atoms. The molecule has 0 saturated carbocycles. The Morgan fingerprint density at radius 2 is 2.00 bits per heavy atom. The van der Waals surface area contributed by atoms with Crippen LogP contribution in [0.2, 0.25) is 0 Å². The molecule has 0 aliphatic heterocycles. The van der Waals surface area contributed by atoms with Crippen LogP contribution in [-0.2, 0) is 4.74 Å². The molecule has 2 rings (SSSR count). The van der Waals surface area contributed by atoms with Crippen LogP contribution in [0, 0.1) is 20.8 Å². The Bertz CT molecular complexity index is 698. The highest BCUT2D eigenvalue weighted by molar-refractivity contribution is 7.17. The Hall–Kier alpha value is -1.76. The number of ether oxygens (including phenoxy) is 1. The van der Waals surface area contributed by atoms with Crippen molar-refractivity contribution in [1.82, 2.24) is 15.6 Å². The highest BCUT2D eigenvalue weighted by Crippen LogP contribution is 2.30. The van der Waals surface area contributed by atoms with Crippen molar-refractivity contribution in [2.75, 3.05) is 33.4 Å². The lowest BCUT2D eigenvalue weighted by molar-refractivity contribution is 0.0957. The van der Waals surface area contributed by atoms with Crippen LogP contribution in [0.1, 0.15) is 26.5 Å². The number of hydrogen-bond donors (Lipinski definition) is 2. The van der Waals surface area contributed by atoms with Gasteiger partial charge in [-0.05, 0) is 26.3 Å². The summed E-state index contributed by atoms with van der Waals surface area (Å²) >= 11 is 1.45. The topological polar surface area (TPSA) is 63.2 Å². The fourth-order valence-corrected chi connectivity index (χ4v) is 3.49. The van der Waals surface area contributed by atoms with E-state index in [0.29, 0.717) is 18.0 Å². The van der Waals surface area contributed by atoms with Gasteiger partial charge in [0.05, 0.1) is 12.3 Å². The standard InChI is InChI=1S/C18H25N3O2S/c1-12-5-6-15(13(2)11-12)18-21-14(3)16(24-18)17(22)20-8-7-19-9-10-23-4/h5-6,11,19H,7-10H2,1-4H3,(H,20,22). The van der Waals surface area contributed by atoms with Gasteiger partial charge in [-0.1, -0.05) is 23.8 Å². The molecular weight excluding hydrogens is 322 g/mol. The lowest BCUT2D eigenvalue weighted by Crippen LogP contribution is -2.33. The maximum atomic E-state index is 12.3. The van der Waals surface area contributed by atoms with E-state index in [9.17, 15) is 4.79 Å². The minimum absolute atomic E-state index is 0.0606. The zero-order valence-electron chi connectivity index (χ0n) is 14.7. The van der Waals surface area contributed by atoms with E-state index in [1.165, 1.54) is 22.5 Å². The fourth-order valence-electron chi connectivity index (χ4n) is 2.42. The molecule has 1 heterocycles. The molecule has 1 aromatic heterocycles. The summed E-state index contributed by atoms with van der Waals surface area (Å²) < 4.78 is 4.96. The molecular formula is C18H25N3O2S. The van der Waals surface area contributed by atoms with Crippen LogP contribution in [0.5, 0.6) is 0 Å². The molecule has 0 spiro atoms. The van der Waals surface area contributed by atoms with E-state index >= 15 is 0 Å². The number of rotatable bonds is 8. The van der Waals surface area contributed by atoms with Crippen LogP contribution in [0.25, 0.3) is 10.6 Å². The second kappa shape index (κ2) is 8.92. The number of nitrogens with one attached hydrogen (secondary N) is 2. The maximum absolute atomic E-state index is 12.3. The van der Waals surface area contributed by atoms with Crippen molar-refractivity contribution in [3.8, 4) is 10.6 Å². The number of amides is 1. The van der Waals surface area contributed by atoms with Gasteiger partial charge >= 0.3 is 0 Å². The van der Waals surface area contributed by atoms with Gasteiger partial charge in [0, 0.05) is 32.3 Å². The van der Waals surface area contributed by atoms with E-state index in [1.807, 2.05) is 6.92 Å². The molecule has 0 fully saturated rings. The molecule has 0 aliphatic rings. The van der Waals surface area contributed by atoms with Crippen LogP contribution in [0.4, 0.5) is 0 Å². The summed E-state index contributed by atoms with van der Waals surface area (Å²) in [6.45, 7) is 8.78. The fraction of sp³-hybridized carbons (Fsp3) is 0.444. The Labute approximate surface area is 147 Å². The van der Waals surface area contributed by atoms with Crippen LogP contribution >= 0.6 is 11.3 Å². The average molecular weight is 347 g/mol. The van der Waals surface area contributed by atoms with Gasteiger partial charge in [0.25, 0.3) is 5.91 Å². The average Bonchev–Trinajstić information content (AvgIpc) is 2.92. The van der Waals surface area contributed by atoms with Gasteiger partial charge in [0.2, 0.25) is 0 Å². The Balaban J connectivity index is 1.99. The Kier molecular flexibility index (Phi) is 6.90. The minimum atomic E-state index is -0.0606. The summed E-state index contributed by atoms with van der Waals surface area (Å²) in [5.41, 5.74) is 4.27. The molecule has 24 heavy (non-hydrogen) atoms. The van der Waals surface area contributed by atoms with Crippen LogP contribution in [-0.4, -0.2) is 44.2 Å². The number of thiazole rings is 1. The number of aryl methyl sites for hydroxylation is 3. The predicted molar refractivity (Wildman–Crippen MR) is 98.8 cm³/mol. The van der Waals surface area contributed by atoms with E-state index in [-0.39, 0.29) is 5.91 Å². The third-order valence-corrected chi connectivity index (χ3v) is 4.87. The van der Waals surface area contributed by atoms with E-state index in [2.05, 4.69) is 47.7 Å². The summed E-state index contributed by atoms with van der Waals surface area (Å²) in [4.78, 5) is 17.6. The number of carbonyl (C=O) groups is 1. The van der Waals surface area contributed by atoms with E-state index in [4.69, 9.17) is 4.74 Å². The second-order valence-corrected chi connectivity index (χ2v) is 6.75. The van der Waals surface area contributed by atoms with Crippen molar-refractivity contribution >= 4 is 17.2 Å². The molecule has 0 radical (unpaired) electrons. The van der Waals surface area contributed by atoms with Gasteiger partial charge in [-0.25, -0.2) is 4.98 Å². The molecule has 2 aromatic rings. The quantitative estimate of drug-likeness (QED) is 0.721. The largest absolute Gasteiger partial charge is 0.383 e. The number of methoxy groups -OCH3 is 1. The summed E-state index contributed by atoms with van der Waals surface area (Å²) in [7, 11) is 1.67. The molecule has 0 saturated heterocycles. The first kappa shape index (κ1) is 18.6. The first-order chi connectivity index (χ1) is 11.5. The first-order valence-electron chi connectivity index (χ1n) is 8.06. The highest BCUT2D eigenvalue weighted by atomic mass is 32.1. The van der Waals surface area contributed by atoms with Crippen molar-refractivity contribution in [3.63, 3.8) is 0 Å². The molecule has 1 amide bonds. The summed E-state index contributed by atoms with van der Waals surface area (Å²) in [6.07, 6.45) is 0. The third kappa shape index (κ3) is 4.87. The van der Waals surface area contributed by atoms with Gasteiger partial charge in [-0.3, -0.25) is 4.79 Å².